The number of fused-ring (bicyclic) bond motifs is 1. The molecule has 0 spiro atoms. The number of carbonyl (C=O) groups excluding carboxylic acids is 1. The SMILES string of the molecule is CCC(C(=O)N1CCN(C)c2ccccc2C1)n1ccnc1. The molecule has 2 heterocycles. The molecule has 0 bridgehead atoms. The van der Waals surface area contributed by atoms with Crippen LogP contribution in [0.5, 0.6) is 0 Å². The number of para-hydroxylation sites is 1. The molecule has 0 aliphatic carbocycles. The van der Waals surface area contributed by atoms with Crippen molar-refractivity contribution in [3.8, 4) is 0 Å². The average Bonchev–Trinajstić information content (AvgIpc) is 3.00. The van der Waals surface area contributed by atoms with Gasteiger partial charge in [0.25, 0.3) is 0 Å². The maximum Gasteiger partial charge on any atom is 0.246 e. The van der Waals surface area contributed by atoms with Crippen molar-refractivity contribution < 1.29 is 4.79 Å². The Bertz CT molecular complexity index is 638. The Hall–Kier alpha value is -2.30. The molecule has 5 heteroatoms. The fraction of sp³-hybridized carbons (Fsp3) is 0.412. The molecular formula is C17H22N4O. The molecular weight excluding hydrogens is 276 g/mol. The van der Waals surface area contributed by atoms with Crippen LogP contribution in [0.15, 0.2) is 43.0 Å². The van der Waals surface area contributed by atoms with Gasteiger partial charge in [0, 0.05) is 44.8 Å². The number of carbonyl (C=O) groups is 1. The summed E-state index contributed by atoms with van der Waals surface area (Å²) in [7, 11) is 2.08. The Morgan fingerprint density at radius 1 is 1.32 bits per heavy atom. The molecule has 0 saturated carbocycles. The van der Waals surface area contributed by atoms with Crippen LogP contribution in [-0.2, 0) is 11.3 Å². The van der Waals surface area contributed by atoms with Crippen molar-refractivity contribution >= 4 is 11.6 Å². The highest BCUT2D eigenvalue weighted by molar-refractivity contribution is 5.81. The molecule has 1 unspecified atom stereocenters. The molecule has 3 rings (SSSR count). The molecule has 1 amide bonds. The zero-order valence-corrected chi connectivity index (χ0v) is 13.1. The van der Waals surface area contributed by atoms with Gasteiger partial charge in [-0.15, -0.1) is 0 Å². The summed E-state index contributed by atoms with van der Waals surface area (Å²) in [6.45, 7) is 4.31. The molecule has 1 aromatic heterocycles. The summed E-state index contributed by atoms with van der Waals surface area (Å²) in [5.74, 6) is 0.172. The van der Waals surface area contributed by atoms with E-state index in [0.717, 1.165) is 19.5 Å². The molecule has 1 aromatic carbocycles. The van der Waals surface area contributed by atoms with Crippen LogP contribution in [0.4, 0.5) is 5.69 Å². The van der Waals surface area contributed by atoms with E-state index in [1.807, 2.05) is 34.7 Å². The lowest BCUT2D eigenvalue weighted by Crippen LogP contribution is -2.38. The molecule has 0 saturated heterocycles. The predicted octanol–water partition coefficient (Wildman–Crippen LogP) is 2.31. The van der Waals surface area contributed by atoms with Crippen molar-refractivity contribution in [3.63, 3.8) is 0 Å². The topological polar surface area (TPSA) is 41.4 Å². The first-order chi connectivity index (χ1) is 10.7. The smallest absolute Gasteiger partial charge is 0.246 e. The summed E-state index contributed by atoms with van der Waals surface area (Å²) >= 11 is 0. The molecule has 22 heavy (non-hydrogen) atoms. The standard InChI is InChI=1S/C17H22N4O/c1-3-15(21-9-8-18-13-21)17(22)20-11-10-19(2)16-7-5-4-6-14(16)12-20/h4-9,13,15H,3,10-12H2,1-2H3. The highest BCUT2D eigenvalue weighted by Gasteiger charge is 2.27. The molecule has 1 aliphatic rings. The van der Waals surface area contributed by atoms with Crippen LogP contribution in [0.2, 0.25) is 0 Å². The van der Waals surface area contributed by atoms with Gasteiger partial charge in [-0.05, 0) is 18.1 Å². The van der Waals surface area contributed by atoms with Crippen molar-refractivity contribution in [2.75, 3.05) is 25.0 Å². The molecule has 116 valence electrons. The lowest BCUT2D eigenvalue weighted by molar-refractivity contribution is -0.135. The molecule has 1 atom stereocenters. The van der Waals surface area contributed by atoms with E-state index in [1.54, 1.807) is 12.5 Å². The van der Waals surface area contributed by atoms with E-state index in [0.29, 0.717) is 6.54 Å². The van der Waals surface area contributed by atoms with E-state index in [1.165, 1.54) is 11.3 Å². The summed E-state index contributed by atoms with van der Waals surface area (Å²) in [6, 6.07) is 8.14. The van der Waals surface area contributed by atoms with Gasteiger partial charge in [-0.2, -0.15) is 0 Å². The van der Waals surface area contributed by atoms with Crippen molar-refractivity contribution in [2.45, 2.75) is 25.9 Å². The Labute approximate surface area is 131 Å². The van der Waals surface area contributed by atoms with Crippen molar-refractivity contribution in [1.82, 2.24) is 14.5 Å². The van der Waals surface area contributed by atoms with E-state index in [9.17, 15) is 4.79 Å². The number of aromatic nitrogens is 2. The molecule has 0 radical (unpaired) electrons. The zero-order valence-electron chi connectivity index (χ0n) is 13.1. The summed E-state index contributed by atoms with van der Waals surface area (Å²) in [5.41, 5.74) is 2.42. The first-order valence-electron chi connectivity index (χ1n) is 7.76. The van der Waals surface area contributed by atoms with Crippen LogP contribution < -0.4 is 4.90 Å². The van der Waals surface area contributed by atoms with Gasteiger partial charge in [0.2, 0.25) is 5.91 Å². The zero-order chi connectivity index (χ0) is 15.5. The monoisotopic (exact) mass is 298 g/mol. The van der Waals surface area contributed by atoms with E-state index in [4.69, 9.17) is 0 Å². The van der Waals surface area contributed by atoms with Crippen LogP contribution in [0.25, 0.3) is 0 Å². The van der Waals surface area contributed by atoms with Gasteiger partial charge in [-0.1, -0.05) is 25.1 Å². The normalized spacial score (nSPS) is 16.1. The van der Waals surface area contributed by atoms with Gasteiger partial charge in [0.05, 0.1) is 6.33 Å². The number of imidazole rings is 1. The molecule has 1 aliphatic heterocycles. The van der Waals surface area contributed by atoms with Gasteiger partial charge in [0.15, 0.2) is 0 Å². The predicted molar refractivity (Wildman–Crippen MR) is 86.7 cm³/mol. The first kappa shape index (κ1) is 14.6. The van der Waals surface area contributed by atoms with Gasteiger partial charge in [-0.3, -0.25) is 4.79 Å². The molecule has 2 aromatic rings. The highest BCUT2D eigenvalue weighted by atomic mass is 16.2. The molecule has 0 N–H and O–H groups in total. The number of amides is 1. The van der Waals surface area contributed by atoms with Gasteiger partial charge >= 0.3 is 0 Å². The summed E-state index contributed by atoms with van der Waals surface area (Å²) in [6.07, 6.45) is 6.08. The Morgan fingerprint density at radius 2 is 2.14 bits per heavy atom. The number of benzene rings is 1. The number of hydrogen-bond donors (Lipinski definition) is 0. The van der Waals surface area contributed by atoms with Gasteiger partial charge in [0.1, 0.15) is 6.04 Å². The van der Waals surface area contributed by atoms with Crippen LogP contribution in [0.1, 0.15) is 24.9 Å². The third kappa shape index (κ3) is 2.71. The second-order valence-corrected chi connectivity index (χ2v) is 5.74. The van der Waals surface area contributed by atoms with Crippen molar-refractivity contribution in [3.05, 3.63) is 48.5 Å². The number of rotatable bonds is 3. The Kier molecular flexibility index (Phi) is 4.13. The quantitative estimate of drug-likeness (QED) is 0.873. The first-order valence-corrected chi connectivity index (χ1v) is 7.76. The third-order valence-electron chi connectivity index (χ3n) is 4.34. The van der Waals surface area contributed by atoms with Crippen LogP contribution >= 0.6 is 0 Å². The minimum absolute atomic E-state index is 0.168. The fourth-order valence-corrected chi connectivity index (χ4v) is 3.06. The minimum atomic E-state index is -0.168. The second-order valence-electron chi connectivity index (χ2n) is 5.74. The molecule has 0 fully saturated rings. The van der Waals surface area contributed by atoms with E-state index < -0.39 is 0 Å². The molecule has 5 nitrogen and oxygen atoms in total. The van der Waals surface area contributed by atoms with Crippen LogP contribution in [-0.4, -0.2) is 40.5 Å². The average molecular weight is 298 g/mol. The lowest BCUT2D eigenvalue weighted by Gasteiger charge is -2.26. The van der Waals surface area contributed by atoms with E-state index in [2.05, 4.69) is 29.1 Å². The number of likely N-dealkylation sites (N-methyl/N-ethyl adjacent to an activating group) is 1. The largest absolute Gasteiger partial charge is 0.373 e. The number of anilines is 1. The second kappa shape index (κ2) is 6.22. The number of hydrogen-bond acceptors (Lipinski definition) is 3. The Balaban J connectivity index is 1.84. The lowest BCUT2D eigenvalue weighted by atomic mass is 10.1. The van der Waals surface area contributed by atoms with Gasteiger partial charge < -0.3 is 14.4 Å². The van der Waals surface area contributed by atoms with Crippen molar-refractivity contribution in [2.24, 2.45) is 0 Å². The summed E-state index contributed by atoms with van der Waals surface area (Å²) in [4.78, 5) is 21.2. The summed E-state index contributed by atoms with van der Waals surface area (Å²) in [5, 5.41) is 0. The highest BCUT2D eigenvalue weighted by Crippen LogP contribution is 2.25. The minimum Gasteiger partial charge on any atom is -0.373 e. The summed E-state index contributed by atoms with van der Waals surface area (Å²) < 4.78 is 1.91. The van der Waals surface area contributed by atoms with Crippen LogP contribution in [0, 0.1) is 0 Å². The maximum atomic E-state index is 13.0. The van der Waals surface area contributed by atoms with Crippen molar-refractivity contribution in [1.29, 1.82) is 0 Å². The van der Waals surface area contributed by atoms with Gasteiger partial charge in [-0.25, -0.2) is 4.98 Å². The van der Waals surface area contributed by atoms with E-state index in [-0.39, 0.29) is 11.9 Å². The Morgan fingerprint density at radius 3 is 2.86 bits per heavy atom. The maximum absolute atomic E-state index is 13.0. The van der Waals surface area contributed by atoms with E-state index >= 15 is 0 Å². The number of nitrogens with zero attached hydrogens (tertiary/aromatic N) is 4. The van der Waals surface area contributed by atoms with Crippen LogP contribution in [0.3, 0.4) is 0 Å². The fourth-order valence-electron chi connectivity index (χ4n) is 3.06. The third-order valence-corrected chi connectivity index (χ3v) is 4.34.